The second-order valence-electron chi connectivity index (χ2n) is 4.29. The molecule has 0 aromatic carbocycles. The second-order valence-corrected chi connectivity index (χ2v) is 4.29. The lowest BCUT2D eigenvalue weighted by molar-refractivity contribution is -0.123. The summed E-state index contributed by atoms with van der Waals surface area (Å²) >= 11 is 0. The Kier molecular flexibility index (Phi) is 9.24. The summed E-state index contributed by atoms with van der Waals surface area (Å²) in [7, 11) is 1.65. The van der Waals surface area contributed by atoms with E-state index in [2.05, 4.69) is 12.2 Å². The molecule has 16 heavy (non-hydrogen) atoms. The van der Waals surface area contributed by atoms with Gasteiger partial charge in [-0.2, -0.15) is 0 Å². The van der Waals surface area contributed by atoms with Crippen molar-refractivity contribution in [1.29, 1.82) is 0 Å². The van der Waals surface area contributed by atoms with Crippen molar-refractivity contribution >= 4 is 5.91 Å². The maximum Gasteiger partial charge on any atom is 0.237 e. The molecule has 0 aliphatic carbocycles. The number of carbonyl (C=O) groups excluding carboxylic acids is 1. The van der Waals surface area contributed by atoms with Gasteiger partial charge >= 0.3 is 0 Å². The van der Waals surface area contributed by atoms with Crippen molar-refractivity contribution in [2.24, 2.45) is 5.73 Å². The summed E-state index contributed by atoms with van der Waals surface area (Å²) in [5, 5.41) is 2.94. The summed E-state index contributed by atoms with van der Waals surface area (Å²) < 4.78 is 4.92. The molecule has 0 aliphatic heterocycles. The first kappa shape index (κ1) is 15.4. The highest BCUT2D eigenvalue weighted by Gasteiger charge is 2.14. The Morgan fingerprint density at radius 2 is 2.06 bits per heavy atom. The zero-order valence-corrected chi connectivity index (χ0v) is 10.8. The van der Waals surface area contributed by atoms with Crippen molar-refractivity contribution in [3.05, 3.63) is 0 Å². The van der Waals surface area contributed by atoms with Gasteiger partial charge in [-0.05, 0) is 26.2 Å². The van der Waals surface area contributed by atoms with Crippen molar-refractivity contribution in [1.82, 2.24) is 5.32 Å². The van der Waals surface area contributed by atoms with E-state index in [4.69, 9.17) is 10.5 Å². The maximum atomic E-state index is 11.6. The fourth-order valence-electron chi connectivity index (χ4n) is 1.51. The number of hydrogen-bond acceptors (Lipinski definition) is 3. The Bertz CT molecular complexity index is 186. The third-order valence-corrected chi connectivity index (χ3v) is 2.58. The largest absolute Gasteiger partial charge is 0.385 e. The van der Waals surface area contributed by atoms with Crippen LogP contribution in [-0.4, -0.2) is 31.7 Å². The molecule has 3 N–H and O–H groups in total. The number of nitrogens with one attached hydrogen (secondary N) is 1. The molecular formula is C12H26N2O2. The van der Waals surface area contributed by atoms with Gasteiger partial charge in [0.2, 0.25) is 5.91 Å². The fourth-order valence-corrected chi connectivity index (χ4v) is 1.51. The molecule has 0 fully saturated rings. The SMILES string of the molecule is CCCCC(C)NC(=O)C(N)CCCOC. The molecule has 1 amide bonds. The van der Waals surface area contributed by atoms with Gasteiger partial charge < -0.3 is 15.8 Å². The topological polar surface area (TPSA) is 64.4 Å². The Labute approximate surface area is 98.9 Å². The minimum absolute atomic E-state index is 0.0419. The van der Waals surface area contributed by atoms with Crippen molar-refractivity contribution in [2.45, 2.75) is 58.0 Å². The molecule has 4 heteroatoms. The van der Waals surface area contributed by atoms with Gasteiger partial charge in [-0.25, -0.2) is 0 Å². The number of carbonyl (C=O) groups is 1. The van der Waals surface area contributed by atoms with E-state index < -0.39 is 6.04 Å². The zero-order valence-electron chi connectivity index (χ0n) is 10.8. The predicted octanol–water partition coefficient (Wildman–Crippen LogP) is 1.44. The predicted molar refractivity (Wildman–Crippen MR) is 66.2 cm³/mol. The number of rotatable bonds is 9. The molecule has 0 aliphatic rings. The first-order valence-corrected chi connectivity index (χ1v) is 6.16. The third kappa shape index (κ3) is 7.65. The molecule has 0 saturated carbocycles. The molecule has 2 unspecified atom stereocenters. The summed E-state index contributed by atoms with van der Waals surface area (Å²) in [4.78, 5) is 11.6. The van der Waals surface area contributed by atoms with E-state index >= 15 is 0 Å². The van der Waals surface area contributed by atoms with Crippen molar-refractivity contribution in [3.63, 3.8) is 0 Å². The van der Waals surface area contributed by atoms with E-state index in [0.29, 0.717) is 13.0 Å². The lowest BCUT2D eigenvalue weighted by Gasteiger charge is -2.17. The molecule has 2 atom stereocenters. The highest BCUT2D eigenvalue weighted by atomic mass is 16.5. The van der Waals surface area contributed by atoms with Gasteiger partial charge in [0.25, 0.3) is 0 Å². The van der Waals surface area contributed by atoms with Crippen LogP contribution in [-0.2, 0) is 9.53 Å². The number of hydrogen-bond donors (Lipinski definition) is 2. The molecule has 0 spiro atoms. The van der Waals surface area contributed by atoms with Gasteiger partial charge in [-0.15, -0.1) is 0 Å². The van der Waals surface area contributed by atoms with E-state index in [1.54, 1.807) is 7.11 Å². The van der Waals surface area contributed by atoms with Crippen LogP contribution in [0.4, 0.5) is 0 Å². The van der Waals surface area contributed by atoms with Crippen LogP contribution in [0.3, 0.4) is 0 Å². The number of methoxy groups -OCH3 is 1. The van der Waals surface area contributed by atoms with Gasteiger partial charge in [0, 0.05) is 19.8 Å². The lowest BCUT2D eigenvalue weighted by atomic mass is 10.1. The minimum atomic E-state index is -0.403. The number of amides is 1. The van der Waals surface area contributed by atoms with Crippen molar-refractivity contribution < 1.29 is 9.53 Å². The first-order valence-electron chi connectivity index (χ1n) is 6.16. The Morgan fingerprint density at radius 1 is 1.38 bits per heavy atom. The summed E-state index contributed by atoms with van der Waals surface area (Å²) in [5.74, 6) is -0.0419. The third-order valence-electron chi connectivity index (χ3n) is 2.58. The fraction of sp³-hybridized carbons (Fsp3) is 0.917. The molecule has 4 nitrogen and oxygen atoms in total. The Hall–Kier alpha value is -0.610. The van der Waals surface area contributed by atoms with Crippen molar-refractivity contribution in [3.8, 4) is 0 Å². The summed E-state index contributed by atoms with van der Waals surface area (Å²) in [5.41, 5.74) is 5.77. The zero-order chi connectivity index (χ0) is 12.4. The average Bonchev–Trinajstić information content (AvgIpc) is 2.26. The molecule has 0 saturated heterocycles. The summed E-state index contributed by atoms with van der Waals surface area (Å²) in [6.07, 6.45) is 4.82. The lowest BCUT2D eigenvalue weighted by Crippen LogP contribution is -2.44. The standard InChI is InChI=1S/C12H26N2O2/c1-4-5-7-10(2)14-12(15)11(13)8-6-9-16-3/h10-11H,4-9,13H2,1-3H3,(H,14,15). The van der Waals surface area contributed by atoms with Crippen LogP contribution in [0.5, 0.6) is 0 Å². The van der Waals surface area contributed by atoms with E-state index in [1.165, 1.54) is 0 Å². The molecule has 0 rings (SSSR count). The van der Waals surface area contributed by atoms with Crippen LogP contribution in [0, 0.1) is 0 Å². The van der Waals surface area contributed by atoms with Crippen molar-refractivity contribution in [2.75, 3.05) is 13.7 Å². The molecule has 0 aromatic heterocycles. The molecule has 96 valence electrons. The summed E-state index contributed by atoms with van der Waals surface area (Å²) in [6.45, 7) is 4.83. The van der Waals surface area contributed by atoms with Gasteiger partial charge in [0.15, 0.2) is 0 Å². The van der Waals surface area contributed by atoms with Gasteiger partial charge in [-0.1, -0.05) is 19.8 Å². The van der Waals surface area contributed by atoms with E-state index in [1.807, 2.05) is 6.92 Å². The number of nitrogens with two attached hydrogens (primary N) is 1. The quantitative estimate of drug-likeness (QED) is 0.589. The smallest absolute Gasteiger partial charge is 0.237 e. The number of ether oxygens (including phenoxy) is 1. The first-order chi connectivity index (χ1) is 7.61. The maximum absolute atomic E-state index is 11.6. The van der Waals surface area contributed by atoms with E-state index in [-0.39, 0.29) is 11.9 Å². The Morgan fingerprint density at radius 3 is 2.62 bits per heavy atom. The second kappa shape index (κ2) is 9.60. The van der Waals surface area contributed by atoms with Crippen LogP contribution in [0.1, 0.15) is 46.0 Å². The van der Waals surface area contributed by atoms with Gasteiger partial charge in [0.05, 0.1) is 6.04 Å². The molecular weight excluding hydrogens is 204 g/mol. The number of unbranched alkanes of at least 4 members (excludes halogenated alkanes) is 1. The highest BCUT2D eigenvalue weighted by Crippen LogP contribution is 2.01. The van der Waals surface area contributed by atoms with Crippen LogP contribution in [0.25, 0.3) is 0 Å². The van der Waals surface area contributed by atoms with Gasteiger partial charge in [0.1, 0.15) is 0 Å². The normalized spacial score (nSPS) is 14.5. The monoisotopic (exact) mass is 230 g/mol. The molecule has 0 bridgehead atoms. The molecule has 0 heterocycles. The van der Waals surface area contributed by atoms with E-state index in [9.17, 15) is 4.79 Å². The van der Waals surface area contributed by atoms with Crippen LogP contribution < -0.4 is 11.1 Å². The van der Waals surface area contributed by atoms with Gasteiger partial charge in [-0.3, -0.25) is 4.79 Å². The summed E-state index contributed by atoms with van der Waals surface area (Å²) in [6, 6.07) is -0.180. The highest BCUT2D eigenvalue weighted by molar-refractivity contribution is 5.81. The van der Waals surface area contributed by atoms with Crippen LogP contribution in [0.15, 0.2) is 0 Å². The Balaban J connectivity index is 3.68. The van der Waals surface area contributed by atoms with E-state index in [0.717, 1.165) is 25.7 Å². The van der Waals surface area contributed by atoms with Crippen LogP contribution in [0.2, 0.25) is 0 Å². The molecule has 0 aromatic rings. The average molecular weight is 230 g/mol. The minimum Gasteiger partial charge on any atom is -0.385 e. The molecule has 0 radical (unpaired) electrons. The van der Waals surface area contributed by atoms with Crippen LogP contribution >= 0.6 is 0 Å².